The molecule has 0 radical (unpaired) electrons. The highest BCUT2D eigenvalue weighted by Gasteiger charge is 2.21. The van der Waals surface area contributed by atoms with Gasteiger partial charge >= 0.3 is 5.97 Å². The number of nitrogens with zero attached hydrogens (tertiary/aromatic N) is 1. The standard InChI is InChI=1S/C16H20N2O4/c1-2-4-16(21)22-11-14(19)17-12-6-8-13(9-7-12)18-10-3-5-15(18)20/h6-9H,2-5,10-11H2,1H3,(H,17,19). The molecule has 6 nitrogen and oxygen atoms in total. The van der Waals surface area contributed by atoms with E-state index in [1.807, 2.05) is 6.92 Å². The van der Waals surface area contributed by atoms with E-state index < -0.39 is 0 Å². The summed E-state index contributed by atoms with van der Waals surface area (Å²) in [5.41, 5.74) is 1.43. The molecule has 2 rings (SSSR count). The maximum Gasteiger partial charge on any atom is 0.306 e. The van der Waals surface area contributed by atoms with Crippen LogP contribution in [-0.4, -0.2) is 30.9 Å². The summed E-state index contributed by atoms with van der Waals surface area (Å²) < 4.78 is 4.83. The summed E-state index contributed by atoms with van der Waals surface area (Å²) in [5, 5.41) is 2.65. The van der Waals surface area contributed by atoms with Gasteiger partial charge in [-0.25, -0.2) is 0 Å². The van der Waals surface area contributed by atoms with Crippen molar-refractivity contribution in [2.24, 2.45) is 0 Å². The number of hydrogen-bond acceptors (Lipinski definition) is 4. The summed E-state index contributed by atoms with van der Waals surface area (Å²) in [4.78, 5) is 36.2. The molecule has 1 aliphatic heterocycles. The molecule has 6 heteroatoms. The van der Waals surface area contributed by atoms with E-state index in [0.717, 1.165) is 18.7 Å². The number of hydrogen-bond donors (Lipinski definition) is 1. The van der Waals surface area contributed by atoms with Crippen LogP contribution >= 0.6 is 0 Å². The molecule has 1 heterocycles. The Labute approximate surface area is 129 Å². The van der Waals surface area contributed by atoms with Gasteiger partial charge in [-0.3, -0.25) is 14.4 Å². The number of benzene rings is 1. The Morgan fingerprint density at radius 1 is 1.27 bits per heavy atom. The van der Waals surface area contributed by atoms with Crippen LogP contribution in [0.25, 0.3) is 0 Å². The van der Waals surface area contributed by atoms with Crippen molar-refractivity contribution < 1.29 is 19.1 Å². The second-order valence-corrected chi connectivity index (χ2v) is 5.15. The third-order valence-electron chi connectivity index (χ3n) is 3.35. The molecule has 0 saturated carbocycles. The first-order valence-corrected chi connectivity index (χ1v) is 7.46. The van der Waals surface area contributed by atoms with Gasteiger partial charge in [0, 0.05) is 30.8 Å². The zero-order valence-corrected chi connectivity index (χ0v) is 12.6. The summed E-state index contributed by atoms with van der Waals surface area (Å²) in [7, 11) is 0. The minimum absolute atomic E-state index is 0.125. The Hall–Kier alpha value is -2.37. The number of esters is 1. The molecule has 0 bridgehead atoms. The smallest absolute Gasteiger partial charge is 0.306 e. The molecule has 0 aromatic heterocycles. The highest BCUT2D eigenvalue weighted by molar-refractivity contribution is 5.96. The van der Waals surface area contributed by atoms with E-state index in [1.54, 1.807) is 29.2 Å². The third-order valence-corrected chi connectivity index (χ3v) is 3.35. The molecule has 22 heavy (non-hydrogen) atoms. The van der Waals surface area contributed by atoms with Gasteiger partial charge in [0.05, 0.1) is 0 Å². The van der Waals surface area contributed by atoms with Crippen molar-refractivity contribution in [2.75, 3.05) is 23.4 Å². The van der Waals surface area contributed by atoms with E-state index in [1.165, 1.54) is 0 Å². The minimum atomic E-state index is -0.380. The fourth-order valence-electron chi connectivity index (χ4n) is 2.27. The predicted octanol–water partition coefficient (Wildman–Crippen LogP) is 2.10. The first kappa shape index (κ1) is 16.0. The summed E-state index contributed by atoms with van der Waals surface area (Å²) in [6.45, 7) is 2.32. The molecule has 1 N–H and O–H groups in total. The van der Waals surface area contributed by atoms with Crippen molar-refractivity contribution in [2.45, 2.75) is 32.6 Å². The molecule has 0 spiro atoms. The largest absolute Gasteiger partial charge is 0.456 e. The number of ether oxygens (including phenoxy) is 1. The van der Waals surface area contributed by atoms with Crippen LogP contribution < -0.4 is 10.2 Å². The lowest BCUT2D eigenvalue weighted by Gasteiger charge is -2.16. The summed E-state index contributed by atoms with van der Waals surface area (Å²) >= 11 is 0. The average molecular weight is 304 g/mol. The molecule has 1 aromatic carbocycles. The van der Waals surface area contributed by atoms with Crippen LogP contribution in [0, 0.1) is 0 Å². The van der Waals surface area contributed by atoms with E-state index in [2.05, 4.69) is 5.32 Å². The number of anilines is 2. The molecule has 0 unspecified atom stereocenters. The van der Waals surface area contributed by atoms with Crippen LogP contribution in [0.3, 0.4) is 0 Å². The third kappa shape index (κ3) is 4.31. The van der Waals surface area contributed by atoms with Gasteiger partial charge in [-0.05, 0) is 37.1 Å². The van der Waals surface area contributed by atoms with Crippen molar-refractivity contribution in [3.63, 3.8) is 0 Å². The van der Waals surface area contributed by atoms with Crippen LogP contribution in [0.1, 0.15) is 32.6 Å². The highest BCUT2D eigenvalue weighted by atomic mass is 16.5. The number of carbonyl (C=O) groups is 3. The zero-order valence-electron chi connectivity index (χ0n) is 12.6. The molecular weight excluding hydrogens is 284 g/mol. The van der Waals surface area contributed by atoms with Gasteiger partial charge in [-0.15, -0.1) is 0 Å². The van der Waals surface area contributed by atoms with Crippen molar-refractivity contribution in [3.8, 4) is 0 Å². The molecule has 2 amide bonds. The molecule has 1 aliphatic rings. The number of carbonyl (C=O) groups excluding carboxylic acids is 3. The van der Waals surface area contributed by atoms with Crippen molar-refractivity contribution in [1.29, 1.82) is 0 Å². The quantitative estimate of drug-likeness (QED) is 0.817. The van der Waals surface area contributed by atoms with E-state index in [0.29, 0.717) is 24.9 Å². The maximum absolute atomic E-state index is 11.7. The monoisotopic (exact) mass is 304 g/mol. The molecule has 1 fully saturated rings. The van der Waals surface area contributed by atoms with Crippen LogP contribution in [-0.2, 0) is 19.1 Å². The number of rotatable bonds is 6. The summed E-state index contributed by atoms with van der Waals surface area (Å²) in [5.74, 6) is -0.630. The molecule has 0 aliphatic carbocycles. The highest BCUT2D eigenvalue weighted by Crippen LogP contribution is 2.22. The lowest BCUT2D eigenvalue weighted by Crippen LogP contribution is -2.23. The summed E-state index contributed by atoms with van der Waals surface area (Å²) in [6.07, 6.45) is 2.46. The Bertz CT molecular complexity index is 554. The second-order valence-electron chi connectivity index (χ2n) is 5.15. The Morgan fingerprint density at radius 3 is 2.59 bits per heavy atom. The normalized spacial score (nSPS) is 14.0. The Balaban J connectivity index is 1.84. The lowest BCUT2D eigenvalue weighted by atomic mass is 10.2. The predicted molar refractivity (Wildman–Crippen MR) is 82.5 cm³/mol. The van der Waals surface area contributed by atoms with Crippen LogP contribution in [0.15, 0.2) is 24.3 Å². The van der Waals surface area contributed by atoms with Gasteiger partial charge in [0.15, 0.2) is 6.61 Å². The summed E-state index contributed by atoms with van der Waals surface area (Å²) in [6, 6.07) is 7.04. The van der Waals surface area contributed by atoms with E-state index in [9.17, 15) is 14.4 Å². The molecule has 1 aromatic rings. The van der Waals surface area contributed by atoms with Crippen LogP contribution in [0.4, 0.5) is 11.4 Å². The number of nitrogens with one attached hydrogen (secondary N) is 1. The van der Waals surface area contributed by atoms with E-state index >= 15 is 0 Å². The second kappa shape index (κ2) is 7.59. The first-order chi connectivity index (χ1) is 10.6. The topological polar surface area (TPSA) is 75.7 Å². The molecule has 118 valence electrons. The van der Waals surface area contributed by atoms with Gasteiger partial charge in [-0.1, -0.05) is 6.92 Å². The zero-order chi connectivity index (χ0) is 15.9. The molecular formula is C16H20N2O4. The lowest BCUT2D eigenvalue weighted by molar-refractivity contribution is -0.147. The van der Waals surface area contributed by atoms with Gasteiger partial charge < -0.3 is 15.0 Å². The van der Waals surface area contributed by atoms with Crippen molar-refractivity contribution in [3.05, 3.63) is 24.3 Å². The fourth-order valence-corrected chi connectivity index (χ4v) is 2.27. The Kier molecular flexibility index (Phi) is 5.52. The van der Waals surface area contributed by atoms with Gasteiger partial charge in [0.1, 0.15) is 0 Å². The molecule has 1 saturated heterocycles. The fraction of sp³-hybridized carbons (Fsp3) is 0.438. The van der Waals surface area contributed by atoms with Crippen molar-refractivity contribution in [1.82, 2.24) is 0 Å². The SMILES string of the molecule is CCCC(=O)OCC(=O)Nc1ccc(N2CCCC2=O)cc1. The van der Waals surface area contributed by atoms with Gasteiger partial charge in [0.2, 0.25) is 5.91 Å². The van der Waals surface area contributed by atoms with Gasteiger partial charge in [0.25, 0.3) is 5.91 Å². The first-order valence-electron chi connectivity index (χ1n) is 7.46. The average Bonchev–Trinajstić information content (AvgIpc) is 2.92. The molecule has 0 atom stereocenters. The van der Waals surface area contributed by atoms with E-state index in [4.69, 9.17) is 4.74 Å². The minimum Gasteiger partial charge on any atom is -0.456 e. The van der Waals surface area contributed by atoms with E-state index in [-0.39, 0.29) is 24.4 Å². The van der Waals surface area contributed by atoms with Crippen molar-refractivity contribution >= 4 is 29.2 Å². The van der Waals surface area contributed by atoms with Gasteiger partial charge in [-0.2, -0.15) is 0 Å². The van der Waals surface area contributed by atoms with Crippen LogP contribution in [0.2, 0.25) is 0 Å². The number of amides is 2. The maximum atomic E-state index is 11.7. The Morgan fingerprint density at radius 2 is 2.00 bits per heavy atom. The van der Waals surface area contributed by atoms with Crippen LogP contribution in [0.5, 0.6) is 0 Å².